The number of nitrogens with zero attached hydrogens (tertiary/aromatic N) is 1. The van der Waals surface area contributed by atoms with Gasteiger partial charge in [-0.05, 0) is 49.4 Å². The van der Waals surface area contributed by atoms with E-state index in [4.69, 9.17) is 5.73 Å². The Hall–Kier alpha value is -1.18. The van der Waals surface area contributed by atoms with Crippen LogP contribution in [0, 0.1) is 0 Å². The van der Waals surface area contributed by atoms with Crippen LogP contribution in [0.3, 0.4) is 0 Å². The molecule has 0 aromatic heterocycles. The second-order valence-electron chi connectivity index (χ2n) is 5.70. The summed E-state index contributed by atoms with van der Waals surface area (Å²) >= 11 is 0. The summed E-state index contributed by atoms with van der Waals surface area (Å²) in [6.07, 6.45) is 1.20. The molecule has 2 rings (SSSR count). The zero-order chi connectivity index (χ0) is 13.9. The lowest BCUT2D eigenvalue weighted by atomic mass is 9.77. The van der Waals surface area contributed by atoms with Crippen molar-refractivity contribution in [2.45, 2.75) is 59.4 Å². The first-order valence-electron chi connectivity index (χ1n) is 7.08. The molecular weight excluding hydrogens is 220 g/mol. The topological polar surface area (TPSA) is 29.3 Å². The first-order chi connectivity index (χ1) is 8.42. The number of rotatable bonds is 1. The van der Waals surface area contributed by atoms with Crippen LogP contribution in [0.5, 0.6) is 0 Å². The van der Waals surface area contributed by atoms with Gasteiger partial charge in [0.2, 0.25) is 0 Å². The molecule has 1 aromatic carbocycles. The van der Waals surface area contributed by atoms with Gasteiger partial charge in [0.25, 0.3) is 0 Å². The summed E-state index contributed by atoms with van der Waals surface area (Å²) in [6, 6.07) is 6.88. The summed E-state index contributed by atoms with van der Waals surface area (Å²) in [4.78, 5) is 2.47. The summed E-state index contributed by atoms with van der Waals surface area (Å²) in [5.74, 6) is 0. The van der Waals surface area contributed by atoms with E-state index >= 15 is 0 Å². The highest BCUT2D eigenvalue weighted by atomic mass is 15.2. The van der Waals surface area contributed by atoms with Crippen LogP contribution in [-0.2, 0) is 5.41 Å². The largest absolute Gasteiger partial charge is 0.399 e. The Bertz CT molecular complexity index is 394. The van der Waals surface area contributed by atoms with Gasteiger partial charge in [-0.25, -0.2) is 0 Å². The van der Waals surface area contributed by atoms with Crippen molar-refractivity contribution in [1.29, 1.82) is 0 Å². The van der Waals surface area contributed by atoms with Crippen molar-refractivity contribution in [2.24, 2.45) is 0 Å². The zero-order valence-electron chi connectivity index (χ0n) is 12.7. The average Bonchev–Trinajstić information content (AvgIpc) is 2.32. The third-order valence-corrected chi connectivity index (χ3v) is 3.66. The maximum atomic E-state index is 5.91. The number of benzene rings is 1. The number of hydrogen-bond donors (Lipinski definition) is 1. The molecule has 1 heterocycles. The molecule has 0 atom stereocenters. The molecule has 102 valence electrons. The van der Waals surface area contributed by atoms with Crippen LogP contribution in [0.4, 0.5) is 11.4 Å². The van der Waals surface area contributed by atoms with Crippen LogP contribution < -0.4 is 10.6 Å². The Morgan fingerprint density at radius 3 is 2.39 bits per heavy atom. The van der Waals surface area contributed by atoms with E-state index in [-0.39, 0.29) is 5.41 Å². The van der Waals surface area contributed by atoms with Crippen LogP contribution in [0.2, 0.25) is 0 Å². The number of hydrogen-bond acceptors (Lipinski definition) is 2. The van der Waals surface area contributed by atoms with Gasteiger partial charge in [-0.1, -0.05) is 27.7 Å². The molecule has 0 spiro atoms. The molecule has 18 heavy (non-hydrogen) atoms. The van der Waals surface area contributed by atoms with Crippen molar-refractivity contribution in [2.75, 3.05) is 17.2 Å². The number of fused-ring (bicyclic) bond motifs is 1. The highest BCUT2D eigenvalue weighted by Crippen LogP contribution is 2.41. The van der Waals surface area contributed by atoms with Crippen molar-refractivity contribution in [3.63, 3.8) is 0 Å². The molecule has 2 N–H and O–H groups in total. The fourth-order valence-corrected chi connectivity index (χ4v) is 2.54. The normalized spacial score (nSPS) is 16.9. The van der Waals surface area contributed by atoms with Gasteiger partial charge in [-0.2, -0.15) is 0 Å². The second kappa shape index (κ2) is 5.64. The van der Waals surface area contributed by atoms with Crippen LogP contribution in [0.1, 0.15) is 53.5 Å². The van der Waals surface area contributed by atoms with E-state index in [0.717, 1.165) is 12.2 Å². The smallest absolute Gasteiger partial charge is 0.0408 e. The summed E-state index contributed by atoms with van der Waals surface area (Å²) in [6.45, 7) is 14.3. The highest BCUT2D eigenvalue weighted by Gasteiger charge is 2.31. The number of nitrogen functional groups attached to an aromatic ring is 1. The maximum absolute atomic E-state index is 5.91. The fraction of sp³-hybridized carbons (Fsp3) is 0.625. The van der Waals surface area contributed by atoms with Crippen molar-refractivity contribution < 1.29 is 0 Å². The standard InChI is InChI=1S/C14H22N2.C2H6/c1-10(2)16-8-7-14(3,4)12-9-11(15)5-6-13(12)16;1-2/h5-6,9-10H,7-8,15H2,1-4H3;1-2H3. The number of nitrogens with two attached hydrogens (primary N) is 1. The van der Waals surface area contributed by atoms with Crippen molar-refractivity contribution in [3.05, 3.63) is 23.8 Å². The monoisotopic (exact) mass is 248 g/mol. The Morgan fingerprint density at radius 1 is 1.22 bits per heavy atom. The lowest BCUT2D eigenvalue weighted by Crippen LogP contribution is -2.41. The molecule has 1 aromatic rings. The van der Waals surface area contributed by atoms with Gasteiger partial charge >= 0.3 is 0 Å². The Balaban J connectivity index is 0.000000771. The first kappa shape index (κ1) is 14.9. The minimum absolute atomic E-state index is 0.246. The van der Waals surface area contributed by atoms with Crippen molar-refractivity contribution >= 4 is 11.4 Å². The SMILES string of the molecule is CC.CC(C)N1CCC(C)(C)c2cc(N)ccc21. The van der Waals surface area contributed by atoms with E-state index in [0.29, 0.717) is 6.04 Å². The Kier molecular flexibility index (Phi) is 4.66. The third-order valence-electron chi connectivity index (χ3n) is 3.66. The molecule has 0 saturated heterocycles. The van der Waals surface area contributed by atoms with Crippen LogP contribution >= 0.6 is 0 Å². The highest BCUT2D eigenvalue weighted by molar-refractivity contribution is 5.64. The molecule has 0 aliphatic carbocycles. The quantitative estimate of drug-likeness (QED) is 0.755. The minimum Gasteiger partial charge on any atom is -0.399 e. The second-order valence-corrected chi connectivity index (χ2v) is 5.70. The predicted molar refractivity (Wildman–Crippen MR) is 82.3 cm³/mol. The summed E-state index contributed by atoms with van der Waals surface area (Å²) < 4.78 is 0. The van der Waals surface area contributed by atoms with E-state index in [1.165, 1.54) is 17.7 Å². The van der Waals surface area contributed by atoms with Crippen LogP contribution in [0.15, 0.2) is 18.2 Å². The van der Waals surface area contributed by atoms with Gasteiger partial charge < -0.3 is 10.6 Å². The van der Waals surface area contributed by atoms with Gasteiger partial charge in [0, 0.05) is 24.0 Å². The summed E-state index contributed by atoms with van der Waals surface area (Å²) in [5, 5.41) is 0. The Morgan fingerprint density at radius 2 is 1.83 bits per heavy atom. The van der Waals surface area contributed by atoms with Crippen molar-refractivity contribution in [3.8, 4) is 0 Å². The molecule has 0 amide bonds. The van der Waals surface area contributed by atoms with Gasteiger partial charge in [0.15, 0.2) is 0 Å². The van der Waals surface area contributed by atoms with E-state index in [1.807, 2.05) is 19.9 Å². The molecule has 0 bridgehead atoms. The van der Waals surface area contributed by atoms with Gasteiger partial charge in [0.05, 0.1) is 0 Å². The van der Waals surface area contributed by atoms with Gasteiger partial charge in [-0.15, -0.1) is 0 Å². The average molecular weight is 248 g/mol. The minimum atomic E-state index is 0.246. The third kappa shape index (κ3) is 2.80. The molecule has 1 aliphatic rings. The molecule has 0 fully saturated rings. The Labute approximate surface area is 112 Å². The lowest BCUT2D eigenvalue weighted by Gasteiger charge is -2.42. The van der Waals surface area contributed by atoms with E-state index < -0.39 is 0 Å². The molecule has 2 nitrogen and oxygen atoms in total. The van der Waals surface area contributed by atoms with E-state index in [1.54, 1.807) is 0 Å². The molecular formula is C16H28N2. The van der Waals surface area contributed by atoms with E-state index in [9.17, 15) is 0 Å². The lowest BCUT2D eigenvalue weighted by molar-refractivity contribution is 0.442. The zero-order valence-corrected chi connectivity index (χ0v) is 12.7. The molecule has 1 aliphatic heterocycles. The van der Waals surface area contributed by atoms with Crippen LogP contribution in [0.25, 0.3) is 0 Å². The molecule has 2 heteroatoms. The number of anilines is 2. The molecule has 0 unspecified atom stereocenters. The molecule has 0 radical (unpaired) electrons. The summed E-state index contributed by atoms with van der Waals surface area (Å²) in [7, 11) is 0. The summed E-state index contributed by atoms with van der Waals surface area (Å²) in [5.41, 5.74) is 9.78. The van der Waals surface area contributed by atoms with Crippen molar-refractivity contribution in [1.82, 2.24) is 0 Å². The van der Waals surface area contributed by atoms with Gasteiger partial charge in [-0.3, -0.25) is 0 Å². The van der Waals surface area contributed by atoms with Crippen LogP contribution in [-0.4, -0.2) is 12.6 Å². The van der Waals surface area contributed by atoms with Gasteiger partial charge in [0.1, 0.15) is 0 Å². The maximum Gasteiger partial charge on any atom is 0.0408 e. The molecule has 0 saturated carbocycles. The van der Waals surface area contributed by atoms with E-state index in [2.05, 4.69) is 44.7 Å². The predicted octanol–water partition coefficient (Wildman–Crippen LogP) is 4.19. The fourth-order valence-electron chi connectivity index (χ4n) is 2.54. The first-order valence-corrected chi connectivity index (χ1v) is 7.08.